The predicted octanol–water partition coefficient (Wildman–Crippen LogP) is 18.2. The Morgan fingerprint density at radius 2 is 0.776 bits per heavy atom. The van der Waals surface area contributed by atoms with Crippen LogP contribution in [0.5, 0.6) is 0 Å². The third-order valence-corrected chi connectivity index (χ3v) is 13.3. The number of hydrogen-bond acceptors (Lipinski definition) is 5. The maximum atomic E-state index is 12.5. The molecule has 0 aromatic heterocycles. The number of nitrogens with one attached hydrogen (secondary N) is 1. The fraction of sp³-hybridized carbons (Fsp3) is 0.836. The molecular formula is C61H113NO5. The van der Waals surface area contributed by atoms with Gasteiger partial charge in [-0.1, -0.05) is 255 Å². The molecule has 0 aliphatic rings. The van der Waals surface area contributed by atoms with Gasteiger partial charge < -0.3 is 20.3 Å². The molecule has 2 unspecified atom stereocenters. The molecule has 0 rings (SSSR count). The van der Waals surface area contributed by atoms with Crippen molar-refractivity contribution in [3.8, 4) is 0 Å². The highest BCUT2D eigenvalue weighted by Crippen LogP contribution is 2.17. The average Bonchev–Trinajstić information content (AvgIpc) is 3.33. The number of unbranched alkanes of at least 4 members (excludes halogenated alkanes) is 37. The number of amides is 1. The van der Waals surface area contributed by atoms with Crippen molar-refractivity contribution in [2.45, 2.75) is 315 Å². The molecule has 1 amide bonds. The van der Waals surface area contributed by atoms with E-state index >= 15 is 0 Å². The highest BCUT2D eigenvalue weighted by atomic mass is 16.5. The molecule has 6 heteroatoms. The second-order valence-corrected chi connectivity index (χ2v) is 20.0. The normalized spacial score (nSPS) is 13.0. The summed E-state index contributed by atoms with van der Waals surface area (Å²) < 4.78 is 5.44. The first-order valence-electron chi connectivity index (χ1n) is 29.4. The van der Waals surface area contributed by atoms with Gasteiger partial charge >= 0.3 is 5.97 Å². The highest BCUT2D eigenvalue weighted by Gasteiger charge is 2.18. The molecule has 0 aliphatic heterocycles. The van der Waals surface area contributed by atoms with Crippen molar-refractivity contribution >= 4 is 11.9 Å². The van der Waals surface area contributed by atoms with Gasteiger partial charge in [-0.3, -0.25) is 9.59 Å². The third kappa shape index (κ3) is 53.0. The first-order valence-corrected chi connectivity index (χ1v) is 29.4. The van der Waals surface area contributed by atoms with Crippen molar-refractivity contribution in [3.63, 3.8) is 0 Å². The highest BCUT2D eigenvalue weighted by molar-refractivity contribution is 5.76. The van der Waals surface area contributed by atoms with E-state index in [-0.39, 0.29) is 18.5 Å². The van der Waals surface area contributed by atoms with Gasteiger partial charge in [0.1, 0.15) is 0 Å². The van der Waals surface area contributed by atoms with Gasteiger partial charge in [-0.15, -0.1) is 0 Å². The predicted molar refractivity (Wildman–Crippen MR) is 292 cm³/mol. The minimum Gasteiger partial charge on any atom is -0.466 e. The number of ether oxygens (including phenoxy) is 1. The Balaban J connectivity index is 3.54. The molecule has 0 fully saturated rings. The van der Waals surface area contributed by atoms with Crippen molar-refractivity contribution in [3.05, 3.63) is 48.6 Å². The summed E-state index contributed by atoms with van der Waals surface area (Å²) in [7, 11) is 0. The number of aliphatic hydroxyl groups is 2. The van der Waals surface area contributed by atoms with E-state index in [1.54, 1.807) is 6.08 Å². The van der Waals surface area contributed by atoms with Gasteiger partial charge in [0, 0.05) is 12.8 Å². The second-order valence-electron chi connectivity index (χ2n) is 20.0. The summed E-state index contributed by atoms with van der Waals surface area (Å²) in [5.41, 5.74) is 0. The van der Waals surface area contributed by atoms with Gasteiger partial charge in [0.15, 0.2) is 0 Å². The fourth-order valence-electron chi connectivity index (χ4n) is 8.78. The molecule has 0 aromatic rings. The molecule has 0 bridgehead atoms. The zero-order valence-corrected chi connectivity index (χ0v) is 44.6. The zero-order chi connectivity index (χ0) is 48.6. The Hall–Kier alpha value is -2.18. The van der Waals surface area contributed by atoms with Crippen molar-refractivity contribution in [2.75, 3.05) is 13.2 Å². The summed E-state index contributed by atoms with van der Waals surface area (Å²) >= 11 is 0. The molecule has 0 aliphatic carbocycles. The number of rotatable bonds is 54. The lowest BCUT2D eigenvalue weighted by atomic mass is 10.0. The molecule has 0 saturated carbocycles. The molecule has 3 N–H and O–H groups in total. The summed E-state index contributed by atoms with van der Waals surface area (Å²) in [6, 6.07) is -0.651. The number of allylic oxidation sites excluding steroid dienone is 7. The Bertz CT molecular complexity index is 1130. The average molecular weight is 941 g/mol. The maximum Gasteiger partial charge on any atom is 0.305 e. The molecule has 0 radical (unpaired) electrons. The van der Waals surface area contributed by atoms with Gasteiger partial charge in [0.2, 0.25) is 5.91 Å². The molecule has 2 atom stereocenters. The van der Waals surface area contributed by atoms with E-state index in [9.17, 15) is 19.8 Å². The van der Waals surface area contributed by atoms with Crippen LogP contribution < -0.4 is 5.32 Å². The minimum absolute atomic E-state index is 0.0295. The van der Waals surface area contributed by atoms with E-state index in [2.05, 4.69) is 55.6 Å². The maximum absolute atomic E-state index is 12.5. The molecule has 0 aromatic carbocycles. The van der Waals surface area contributed by atoms with Crippen molar-refractivity contribution < 1.29 is 24.5 Å². The first kappa shape index (κ1) is 64.8. The fourth-order valence-corrected chi connectivity index (χ4v) is 8.78. The largest absolute Gasteiger partial charge is 0.466 e. The van der Waals surface area contributed by atoms with Gasteiger partial charge in [0.05, 0.1) is 25.4 Å². The first-order chi connectivity index (χ1) is 33.0. The van der Waals surface area contributed by atoms with Gasteiger partial charge in [-0.2, -0.15) is 0 Å². The van der Waals surface area contributed by atoms with Crippen molar-refractivity contribution in [1.82, 2.24) is 5.32 Å². The molecule has 392 valence electrons. The van der Waals surface area contributed by atoms with Crippen molar-refractivity contribution in [1.29, 1.82) is 0 Å². The lowest BCUT2D eigenvalue weighted by molar-refractivity contribution is -0.143. The van der Waals surface area contributed by atoms with Crippen LogP contribution >= 0.6 is 0 Å². The van der Waals surface area contributed by atoms with Crippen LogP contribution in [0.15, 0.2) is 48.6 Å². The second kappa shape index (κ2) is 56.4. The van der Waals surface area contributed by atoms with E-state index < -0.39 is 12.1 Å². The van der Waals surface area contributed by atoms with Crippen LogP contribution in [-0.4, -0.2) is 47.4 Å². The Morgan fingerprint density at radius 1 is 0.418 bits per heavy atom. The molecule has 0 saturated heterocycles. The van der Waals surface area contributed by atoms with E-state index in [0.717, 1.165) is 83.5 Å². The lowest BCUT2D eigenvalue weighted by Crippen LogP contribution is -2.45. The Labute approximate surface area is 416 Å². The number of carbonyl (C=O) groups excluding carboxylic acids is 2. The smallest absolute Gasteiger partial charge is 0.305 e. The quantitative estimate of drug-likeness (QED) is 0.0321. The molecule has 67 heavy (non-hydrogen) atoms. The Morgan fingerprint density at radius 3 is 1.22 bits per heavy atom. The zero-order valence-electron chi connectivity index (χ0n) is 44.6. The van der Waals surface area contributed by atoms with Gasteiger partial charge in [-0.05, 0) is 83.5 Å². The molecule has 0 spiro atoms. The Kier molecular flexibility index (Phi) is 54.6. The topological polar surface area (TPSA) is 95.9 Å². The summed E-state index contributed by atoms with van der Waals surface area (Å²) in [5.74, 6) is -0.127. The number of carbonyl (C=O) groups is 2. The molecular weight excluding hydrogens is 827 g/mol. The number of hydrogen-bond donors (Lipinski definition) is 3. The third-order valence-electron chi connectivity index (χ3n) is 13.3. The standard InChI is InChI=1S/C61H113NO5/c1-3-5-7-9-11-13-15-17-18-19-20-21-22-23-24-25-26-27-30-33-37-41-45-49-53-59(64)58(57-63)62-60(65)54-50-46-42-38-34-31-28-32-36-40-44-48-52-56-67-61(66)55-51-47-43-39-35-29-16-14-12-10-8-6-4-2/h8,10,14,16,31,34,49,53,58-59,63-64H,3-7,9,11-13,15,17-30,32-33,35-48,50-52,54-57H2,1-2H3,(H,62,65)/b10-8-,16-14-,34-31-,53-49+. The van der Waals surface area contributed by atoms with Gasteiger partial charge in [0.25, 0.3) is 0 Å². The van der Waals surface area contributed by atoms with Crippen LogP contribution in [0.4, 0.5) is 0 Å². The van der Waals surface area contributed by atoms with Gasteiger partial charge in [-0.25, -0.2) is 0 Å². The van der Waals surface area contributed by atoms with E-state index in [4.69, 9.17) is 4.74 Å². The number of aliphatic hydroxyl groups excluding tert-OH is 2. The van der Waals surface area contributed by atoms with Crippen LogP contribution in [0.1, 0.15) is 303 Å². The van der Waals surface area contributed by atoms with Crippen LogP contribution in [0.2, 0.25) is 0 Å². The lowest BCUT2D eigenvalue weighted by Gasteiger charge is -2.19. The van der Waals surface area contributed by atoms with E-state index in [1.807, 2.05) is 6.08 Å². The monoisotopic (exact) mass is 940 g/mol. The SMILES string of the molecule is CCC/C=C\C/C=C\CCCCCCCC(=O)OCCCCCCCC/C=C\CCCCCC(=O)NC(CO)C(O)/C=C/CCCCCCCCCCCCCCCCCCCCCCCC. The van der Waals surface area contributed by atoms with E-state index in [0.29, 0.717) is 19.4 Å². The van der Waals surface area contributed by atoms with Crippen LogP contribution in [-0.2, 0) is 14.3 Å². The van der Waals surface area contributed by atoms with E-state index in [1.165, 1.54) is 193 Å². The van der Waals surface area contributed by atoms with Crippen LogP contribution in [0.3, 0.4) is 0 Å². The summed E-state index contributed by atoms with van der Waals surface area (Å²) in [4.78, 5) is 24.5. The minimum atomic E-state index is -0.864. The molecule has 0 heterocycles. The number of esters is 1. The van der Waals surface area contributed by atoms with Crippen LogP contribution in [0.25, 0.3) is 0 Å². The van der Waals surface area contributed by atoms with Crippen LogP contribution in [0, 0.1) is 0 Å². The summed E-state index contributed by atoms with van der Waals surface area (Å²) in [5, 5.41) is 23.2. The summed E-state index contributed by atoms with van der Waals surface area (Å²) in [6.45, 7) is 4.80. The summed E-state index contributed by atoms with van der Waals surface area (Å²) in [6.07, 6.45) is 71.4. The van der Waals surface area contributed by atoms with Crippen molar-refractivity contribution in [2.24, 2.45) is 0 Å². The molecule has 6 nitrogen and oxygen atoms in total.